The summed E-state index contributed by atoms with van der Waals surface area (Å²) in [7, 11) is 0. The predicted octanol–water partition coefficient (Wildman–Crippen LogP) is 2.54. The number of hydrogen-bond donors (Lipinski definition) is 1. The topological polar surface area (TPSA) is 80.2 Å². The highest BCUT2D eigenvalue weighted by molar-refractivity contribution is 5.96. The van der Waals surface area contributed by atoms with Gasteiger partial charge >= 0.3 is 0 Å². The van der Waals surface area contributed by atoms with Gasteiger partial charge in [0.15, 0.2) is 5.65 Å². The minimum atomic E-state index is -0.258. The SMILES string of the molecule is Cc1cc(C)c2c(N3CCCCC3)nc(C(=O)NCC3CCCO3)nc2n1. The second-order valence-corrected chi connectivity index (χ2v) is 7.54. The van der Waals surface area contributed by atoms with Crippen molar-refractivity contribution in [3.05, 3.63) is 23.1 Å². The fourth-order valence-corrected chi connectivity index (χ4v) is 3.98. The first-order valence-electron chi connectivity index (χ1n) is 9.92. The van der Waals surface area contributed by atoms with Crippen LogP contribution < -0.4 is 10.2 Å². The Morgan fingerprint density at radius 2 is 2.00 bits per heavy atom. The molecule has 1 N–H and O–H groups in total. The minimum absolute atomic E-state index is 0.0959. The summed E-state index contributed by atoms with van der Waals surface area (Å²) in [4.78, 5) is 28.8. The third-order valence-electron chi connectivity index (χ3n) is 5.35. The molecule has 27 heavy (non-hydrogen) atoms. The quantitative estimate of drug-likeness (QED) is 0.892. The van der Waals surface area contributed by atoms with Gasteiger partial charge in [-0.15, -0.1) is 0 Å². The van der Waals surface area contributed by atoms with E-state index < -0.39 is 0 Å². The van der Waals surface area contributed by atoms with E-state index in [1.165, 1.54) is 6.42 Å². The summed E-state index contributed by atoms with van der Waals surface area (Å²) in [6.45, 7) is 7.19. The van der Waals surface area contributed by atoms with E-state index in [1.54, 1.807) is 0 Å². The zero-order valence-electron chi connectivity index (χ0n) is 16.1. The average Bonchev–Trinajstić information content (AvgIpc) is 3.19. The van der Waals surface area contributed by atoms with Crippen LogP contribution in [0.15, 0.2) is 6.07 Å². The van der Waals surface area contributed by atoms with Gasteiger partial charge in [-0.05, 0) is 57.6 Å². The Hall–Kier alpha value is -2.28. The summed E-state index contributed by atoms with van der Waals surface area (Å²) in [5.41, 5.74) is 2.60. The smallest absolute Gasteiger partial charge is 0.289 e. The summed E-state index contributed by atoms with van der Waals surface area (Å²) in [5, 5.41) is 3.89. The Morgan fingerprint density at radius 3 is 2.74 bits per heavy atom. The number of nitrogens with one attached hydrogen (secondary N) is 1. The number of amides is 1. The highest BCUT2D eigenvalue weighted by Gasteiger charge is 2.23. The molecule has 0 aliphatic carbocycles. The van der Waals surface area contributed by atoms with Gasteiger partial charge in [0.1, 0.15) is 5.82 Å². The molecular weight excluding hydrogens is 342 g/mol. The number of carbonyl (C=O) groups is 1. The van der Waals surface area contributed by atoms with Crippen LogP contribution in [0.3, 0.4) is 0 Å². The number of anilines is 1. The minimum Gasteiger partial charge on any atom is -0.376 e. The van der Waals surface area contributed by atoms with Crippen molar-refractivity contribution in [1.82, 2.24) is 20.3 Å². The fourth-order valence-electron chi connectivity index (χ4n) is 3.98. The monoisotopic (exact) mass is 369 g/mol. The highest BCUT2D eigenvalue weighted by Crippen LogP contribution is 2.28. The zero-order chi connectivity index (χ0) is 18.8. The molecule has 0 spiro atoms. The van der Waals surface area contributed by atoms with Crippen molar-refractivity contribution < 1.29 is 9.53 Å². The molecule has 7 heteroatoms. The molecule has 2 aromatic heterocycles. The molecule has 1 atom stereocenters. The van der Waals surface area contributed by atoms with Gasteiger partial charge in [-0.3, -0.25) is 4.79 Å². The second kappa shape index (κ2) is 7.76. The van der Waals surface area contributed by atoms with E-state index in [0.29, 0.717) is 12.2 Å². The maximum atomic E-state index is 12.7. The Bertz CT molecular complexity index is 842. The third kappa shape index (κ3) is 3.88. The second-order valence-electron chi connectivity index (χ2n) is 7.54. The number of aromatic nitrogens is 3. The van der Waals surface area contributed by atoms with Crippen LogP contribution >= 0.6 is 0 Å². The van der Waals surface area contributed by atoms with Gasteiger partial charge in [-0.2, -0.15) is 0 Å². The molecule has 2 fully saturated rings. The molecular formula is C20H27N5O2. The van der Waals surface area contributed by atoms with Gasteiger partial charge in [0.25, 0.3) is 5.91 Å². The van der Waals surface area contributed by atoms with Crippen LogP contribution in [0.2, 0.25) is 0 Å². The molecule has 4 heterocycles. The fraction of sp³-hybridized carbons (Fsp3) is 0.600. The van der Waals surface area contributed by atoms with E-state index in [4.69, 9.17) is 4.74 Å². The summed E-state index contributed by atoms with van der Waals surface area (Å²) >= 11 is 0. The van der Waals surface area contributed by atoms with E-state index in [0.717, 1.165) is 67.8 Å². The zero-order valence-corrected chi connectivity index (χ0v) is 16.1. The Morgan fingerprint density at radius 1 is 1.19 bits per heavy atom. The van der Waals surface area contributed by atoms with Crippen LogP contribution in [0.1, 0.15) is 54.0 Å². The number of hydrogen-bond acceptors (Lipinski definition) is 6. The molecule has 2 aromatic rings. The lowest BCUT2D eigenvalue weighted by molar-refractivity contribution is 0.0849. The molecule has 0 saturated carbocycles. The van der Waals surface area contributed by atoms with Gasteiger partial charge in [0.05, 0.1) is 11.5 Å². The molecule has 2 aliphatic heterocycles. The standard InChI is InChI=1S/C20H27N5O2/c1-13-11-14(2)22-17-16(13)19(25-8-4-3-5-9-25)24-18(23-17)20(26)21-12-15-7-6-10-27-15/h11,15H,3-10,12H2,1-2H3,(H,21,26). The Balaban J connectivity index is 1.68. The van der Waals surface area contributed by atoms with Crippen LogP contribution in [0.4, 0.5) is 5.82 Å². The molecule has 2 saturated heterocycles. The Kier molecular flexibility index (Phi) is 5.20. The normalized spacial score (nSPS) is 20.2. The Labute approximate surface area is 159 Å². The van der Waals surface area contributed by atoms with Crippen LogP contribution in [0.25, 0.3) is 11.0 Å². The summed E-state index contributed by atoms with van der Waals surface area (Å²) in [6, 6.07) is 2.05. The molecule has 0 bridgehead atoms. The van der Waals surface area contributed by atoms with E-state index in [-0.39, 0.29) is 17.8 Å². The van der Waals surface area contributed by atoms with Crippen molar-refractivity contribution in [3.63, 3.8) is 0 Å². The van der Waals surface area contributed by atoms with E-state index in [9.17, 15) is 4.79 Å². The van der Waals surface area contributed by atoms with Gasteiger partial charge in [-0.1, -0.05) is 0 Å². The number of fused-ring (bicyclic) bond motifs is 1. The van der Waals surface area contributed by atoms with Gasteiger partial charge in [0, 0.05) is 31.9 Å². The lowest BCUT2D eigenvalue weighted by atomic mass is 10.1. The number of aryl methyl sites for hydroxylation is 2. The predicted molar refractivity (Wildman–Crippen MR) is 104 cm³/mol. The van der Waals surface area contributed by atoms with Crippen LogP contribution in [0.5, 0.6) is 0 Å². The van der Waals surface area contributed by atoms with Crippen LogP contribution in [-0.4, -0.2) is 53.2 Å². The molecule has 2 aliphatic rings. The van der Waals surface area contributed by atoms with Crippen LogP contribution in [-0.2, 0) is 4.74 Å². The number of piperidine rings is 1. The highest BCUT2D eigenvalue weighted by atomic mass is 16.5. The lowest BCUT2D eigenvalue weighted by Gasteiger charge is -2.29. The van der Waals surface area contributed by atoms with Gasteiger partial charge in [-0.25, -0.2) is 15.0 Å². The lowest BCUT2D eigenvalue weighted by Crippen LogP contribution is -2.34. The summed E-state index contributed by atoms with van der Waals surface area (Å²) in [5.74, 6) is 0.775. The first-order valence-corrected chi connectivity index (χ1v) is 9.92. The maximum Gasteiger partial charge on any atom is 0.289 e. The number of carbonyl (C=O) groups excluding carboxylic acids is 1. The third-order valence-corrected chi connectivity index (χ3v) is 5.35. The number of ether oxygens (including phenoxy) is 1. The van der Waals surface area contributed by atoms with E-state index >= 15 is 0 Å². The van der Waals surface area contributed by atoms with Crippen molar-refractivity contribution in [2.75, 3.05) is 31.1 Å². The molecule has 0 aromatic carbocycles. The molecule has 0 radical (unpaired) electrons. The van der Waals surface area contributed by atoms with Crippen molar-refractivity contribution in [1.29, 1.82) is 0 Å². The van der Waals surface area contributed by atoms with Crippen molar-refractivity contribution in [2.45, 2.75) is 52.1 Å². The summed E-state index contributed by atoms with van der Waals surface area (Å²) < 4.78 is 5.58. The maximum absolute atomic E-state index is 12.7. The molecule has 4 rings (SSSR count). The van der Waals surface area contributed by atoms with E-state index in [1.807, 2.05) is 6.92 Å². The molecule has 1 amide bonds. The molecule has 7 nitrogen and oxygen atoms in total. The first-order chi connectivity index (χ1) is 13.1. The first kappa shape index (κ1) is 18.1. The van der Waals surface area contributed by atoms with Crippen molar-refractivity contribution in [3.8, 4) is 0 Å². The number of rotatable bonds is 4. The van der Waals surface area contributed by atoms with Gasteiger partial charge in [0.2, 0.25) is 5.82 Å². The summed E-state index contributed by atoms with van der Waals surface area (Å²) in [6.07, 6.45) is 5.66. The molecule has 144 valence electrons. The van der Waals surface area contributed by atoms with E-state index in [2.05, 4.69) is 38.2 Å². The number of nitrogens with zero attached hydrogens (tertiary/aromatic N) is 4. The van der Waals surface area contributed by atoms with Gasteiger partial charge < -0.3 is 15.0 Å². The largest absolute Gasteiger partial charge is 0.376 e. The van der Waals surface area contributed by atoms with Crippen molar-refractivity contribution in [2.24, 2.45) is 0 Å². The van der Waals surface area contributed by atoms with Crippen LogP contribution in [0, 0.1) is 13.8 Å². The van der Waals surface area contributed by atoms with Crippen molar-refractivity contribution >= 4 is 22.8 Å². The number of pyridine rings is 1. The molecule has 1 unspecified atom stereocenters. The average molecular weight is 369 g/mol.